The number of amides is 1. The second kappa shape index (κ2) is 10.3. The van der Waals surface area contributed by atoms with Gasteiger partial charge in [-0.2, -0.15) is 0 Å². The highest BCUT2D eigenvalue weighted by molar-refractivity contribution is 5.78. The lowest BCUT2D eigenvalue weighted by molar-refractivity contribution is -0.120. The van der Waals surface area contributed by atoms with Gasteiger partial charge < -0.3 is 20.1 Å². The van der Waals surface area contributed by atoms with Crippen molar-refractivity contribution >= 4 is 5.91 Å². The van der Waals surface area contributed by atoms with Crippen LogP contribution >= 0.6 is 0 Å². The highest BCUT2D eigenvalue weighted by atomic mass is 16.5. The number of hydrogen-bond acceptors (Lipinski definition) is 5. The summed E-state index contributed by atoms with van der Waals surface area (Å²) >= 11 is 0. The van der Waals surface area contributed by atoms with Gasteiger partial charge in [-0.05, 0) is 11.1 Å². The smallest absolute Gasteiger partial charge is 0.234 e. The number of carbonyl (C=O) groups is 1. The molecule has 0 spiro atoms. The van der Waals surface area contributed by atoms with Crippen LogP contribution in [0.3, 0.4) is 0 Å². The number of nitrogens with one attached hydrogen (secondary N) is 2. The van der Waals surface area contributed by atoms with Crippen LogP contribution in [0.4, 0.5) is 0 Å². The van der Waals surface area contributed by atoms with Gasteiger partial charge in [0.05, 0.1) is 26.4 Å². The maximum atomic E-state index is 11.8. The summed E-state index contributed by atoms with van der Waals surface area (Å²) in [6.07, 6.45) is 0. The molecule has 1 aliphatic heterocycles. The largest absolute Gasteiger partial charge is 0.383 e. The van der Waals surface area contributed by atoms with E-state index in [-0.39, 0.29) is 5.91 Å². The van der Waals surface area contributed by atoms with Crippen LogP contribution in [0.5, 0.6) is 0 Å². The zero-order valence-corrected chi connectivity index (χ0v) is 13.8. The minimum atomic E-state index is 0.00211. The zero-order chi connectivity index (χ0) is 16.3. The fraction of sp³-hybridized carbons (Fsp3) is 0.588. The number of rotatable bonds is 9. The van der Waals surface area contributed by atoms with Crippen molar-refractivity contribution < 1.29 is 14.3 Å². The van der Waals surface area contributed by atoms with E-state index in [2.05, 4.69) is 27.7 Å². The average Bonchev–Trinajstić information content (AvgIpc) is 2.59. The Kier molecular flexibility index (Phi) is 8.03. The molecule has 0 saturated carbocycles. The van der Waals surface area contributed by atoms with Gasteiger partial charge in [-0.25, -0.2) is 0 Å². The third-order valence-electron chi connectivity index (χ3n) is 3.86. The molecule has 0 aliphatic carbocycles. The molecule has 6 nitrogen and oxygen atoms in total. The summed E-state index contributed by atoms with van der Waals surface area (Å²) in [5, 5.41) is 6.01. The van der Waals surface area contributed by atoms with Gasteiger partial charge >= 0.3 is 0 Å². The van der Waals surface area contributed by atoms with Crippen molar-refractivity contribution in [3.05, 3.63) is 35.4 Å². The summed E-state index contributed by atoms with van der Waals surface area (Å²) in [6.45, 7) is 6.58. The van der Waals surface area contributed by atoms with Crippen molar-refractivity contribution in [3.63, 3.8) is 0 Å². The van der Waals surface area contributed by atoms with Gasteiger partial charge in [0.1, 0.15) is 0 Å². The molecule has 1 aliphatic rings. The Labute approximate surface area is 138 Å². The molecule has 1 amide bonds. The van der Waals surface area contributed by atoms with Crippen LogP contribution in [0.15, 0.2) is 24.3 Å². The monoisotopic (exact) mass is 321 g/mol. The maximum absolute atomic E-state index is 11.8. The quantitative estimate of drug-likeness (QED) is 0.644. The summed E-state index contributed by atoms with van der Waals surface area (Å²) in [5.41, 5.74) is 2.44. The van der Waals surface area contributed by atoms with E-state index in [1.54, 1.807) is 7.11 Å². The van der Waals surface area contributed by atoms with Crippen LogP contribution in [-0.4, -0.2) is 63.9 Å². The number of hydrogen-bond donors (Lipinski definition) is 2. The van der Waals surface area contributed by atoms with Gasteiger partial charge in [-0.15, -0.1) is 0 Å². The highest BCUT2D eigenvalue weighted by Crippen LogP contribution is 2.12. The number of nitrogens with zero attached hydrogens (tertiary/aromatic N) is 1. The predicted octanol–water partition coefficient (Wildman–Crippen LogP) is 0.371. The first-order chi connectivity index (χ1) is 11.3. The lowest BCUT2D eigenvalue weighted by atomic mass is 10.1. The number of ether oxygens (including phenoxy) is 2. The topological polar surface area (TPSA) is 62.8 Å². The number of morpholine rings is 1. The zero-order valence-electron chi connectivity index (χ0n) is 13.8. The molecule has 0 radical (unpaired) electrons. The minimum absolute atomic E-state index is 0.00211. The van der Waals surface area contributed by atoms with Crippen LogP contribution in [0.2, 0.25) is 0 Å². The van der Waals surface area contributed by atoms with Gasteiger partial charge in [0.25, 0.3) is 0 Å². The van der Waals surface area contributed by atoms with E-state index in [0.29, 0.717) is 26.2 Å². The van der Waals surface area contributed by atoms with Crippen molar-refractivity contribution in [1.29, 1.82) is 0 Å². The predicted molar refractivity (Wildman–Crippen MR) is 89.1 cm³/mol. The molecule has 1 aromatic rings. The minimum Gasteiger partial charge on any atom is -0.383 e. The molecule has 2 N–H and O–H groups in total. The van der Waals surface area contributed by atoms with Crippen molar-refractivity contribution in [2.75, 3.05) is 53.1 Å². The van der Waals surface area contributed by atoms with E-state index in [1.165, 1.54) is 11.1 Å². The van der Waals surface area contributed by atoms with E-state index < -0.39 is 0 Å². The molecule has 0 aromatic heterocycles. The van der Waals surface area contributed by atoms with E-state index >= 15 is 0 Å². The molecule has 6 heteroatoms. The molecule has 128 valence electrons. The molecule has 0 unspecified atom stereocenters. The Morgan fingerprint density at radius 3 is 2.74 bits per heavy atom. The van der Waals surface area contributed by atoms with Crippen LogP contribution in [0.25, 0.3) is 0 Å². The first kappa shape index (κ1) is 17.9. The van der Waals surface area contributed by atoms with Crippen LogP contribution in [0, 0.1) is 0 Å². The Hall–Kier alpha value is -1.47. The van der Waals surface area contributed by atoms with E-state index in [1.807, 2.05) is 12.1 Å². The normalized spacial score (nSPS) is 15.5. The van der Waals surface area contributed by atoms with Crippen molar-refractivity contribution in [3.8, 4) is 0 Å². The van der Waals surface area contributed by atoms with Gasteiger partial charge in [0.2, 0.25) is 5.91 Å². The lowest BCUT2D eigenvalue weighted by Gasteiger charge is -2.27. The Morgan fingerprint density at radius 1 is 1.26 bits per heavy atom. The van der Waals surface area contributed by atoms with E-state index in [0.717, 1.165) is 32.8 Å². The molecule has 1 fully saturated rings. The third kappa shape index (κ3) is 6.66. The Morgan fingerprint density at radius 2 is 2.00 bits per heavy atom. The van der Waals surface area contributed by atoms with E-state index in [9.17, 15) is 4.79 Å². The van der Waals surface area contributed by atoms with Gasteiger partial charge in [0.15, 0.2) is 0 Å². The molecule has 1 heterocycles. The fourth-order valence-corrected chi connectivity index (χ4v) is 2.52. The molecule has 1 saturated heterocycles. The first-order valence-corrected chi connectivity index (χ1v) is 8.13. The number of carbonyl (C=O) groups excluding carboxylic acids is 1. The maximum Gasteiger partial charge on any atom is 0.234 e. The molecule has 0 bridgehead atoms. The first-order valence-electron chi connectivity index (χ1n) is 8.13. The van der Waals surface area contributed by atoms with Gasteiger partial charge in [0, 0.05) is 39.8 Å². The summed E-state index contributed by atoms with van der Waals surface area (Å²) in [6, 6.07) is 8.27. The molecule has 23 heavy (non-hydrogen) atoms. The number of benzene rings is 1. The second-order valence-electron chi connectivity index (χ2n) is 5.60. The summed E-state index contributed by atoms with van der Waals surface area (Å²) in [7, 11) is 1.65. The highest BCUT2D eigenvalue weighted by Gasteiger charge is 2.12. The molecular formula is C17H27N3O3. The van der Waals surface area contributed by atoms with E-state index in [4.69, 9.17) is 9.47 Å². The van der Waals surface area contributed by atoms with Crippen LogP contribution in [0.1, 0.15) is 11.1 Å². The summed E-state index contributed by atoms with van der Waals surface area (Å²) in [5.74, 6) is 0.00211. The third-order valence-corrected chi connectivity index (χ3v) is 3.86. The fourth-order valence-electron chi connectivity index (χ4n) is 2.52. The SMILES string of the molecule is COCCNCC(=O)NCc1ccccc1CN1CCOCC1. The Bertz CT molecular complexity index is 476. The number of methoxy groups -OCH3 is 1. The van der Waals surface area contributed by atoms with Gasteiger partial charge in [-0.1, -0.05) is 24.3 Å². The van der Waals surface area contributed by atoms with Crippen molar-refractivity contribution in [2.24, 2.45) is 0 Å². The lowest BCUT2D eigenvalue weighted by Crippen LogP contribution is -2.37. The van der Waals surface area contributed by atoms with Crippen LogP contribution in [-0.2, 0) is 27.4 Å². The molecule has 2 rings (SSSR count). The standard InChI is InChI=1S/C17H27N3O3/c1-22-9-6-18-13-17(21)19-12-15-4-2-3-5-16(15)14-20-7-10-23-11-8-20/h2-5,18H,6-14H2,1H3,(H,19,21). The van der Waals surface area contributed by atoms with Crippen molar-refractivity contribution in [1.82, 2.24) is 15.5 Å². The Balaban J connectivity index is 1.79. The molecular weight excluding hydrogens is 294 g/mol. The summed E-state index contributed by atoms with van der Waals surface area (Å²) < 4.78 is 10.3. The molecule has 1 aromatic carbocycles. The second-order valence-corrected chi connectivity index (χ2v) is 5.60. The van der Waals surface area contributed by atoms with Crippen molar-refractivity contribution in [2.45, 2.75) is 13.1 Å². The summed E-state index contributed by atoms with van der Waals surface area (Å²) in [4.78, 5) is 14.2. The molecule has 0 atom stereocenters. The van der Waals surface area contributed by atoms with Gasteiger partial charge in [-0.3, -0.25) is 9.69 Å². The average molecular weight is 321 g/mol. The van der Waals surface area contributed by atoms with Crippen LogP contribution < -0.4 is 10.6 Å².